The van der Waals surface area contributed by atoms with Crippen LogP contribution in [0.15, 0.2) is 22.6 Å². The van der Waals surface area contributed by atoms with Gasteiger partial charge in [-0.05, 0) is 44.0 Å². The number of rotatable bonds is 11. The number of nitrogens with one attached hydrogen (secondary N) is 1. The van der Waals surface area contributed by atoms with E-state index in [2.05, 4.69) is 10.4 Å². The van der Waals surface area contributed by atoms with Gasteiger partial charge in [-0.1, -0.05) is 6.92 Å². The van der Waals surface area contributed by atoms with Crippen LogP contribution in [0.3, 0.4) is 0 Å². The normalized spacial score (nSPS) is 11.3. The molecule has 0 spiro atoms. The Hall–Kier alpha value is -3.68. The Morgan fingerprint density at radius 3 is 2.46 bits per heavy atom. The van der Waals surface area contributed by atoms with Crippen molar-refractivity contribution in [1.82, 2.24) is 9.78 Å². The Morgan fingerprint density at radius 2 is 1.84 bits per heavy atom. The average molecular weight is 546 g/mol. The van der Waals surface area contributed by atoms with Gasteiger partial charge in [-0.25, -0.2) is 27.2 Å². The minimum atomic E-state index is -3.06. The molecule has 0 atom stereocenters. The summed E-state index contributed by atoms with van der Waals surface area (Å²) in [5, 5.41) is 6.01. The van der Waals surface area contributed by atoms with E-state index >= 15 is 0 Å². The van der Waals surface area contributed by atoms with Gasteiger partial charge in [0.05, 0.1) is 25.3 Å². The molecule has 3 rings (SSSR count). The van der Waals surface area contributed by atoms with Crippen LogP contribution in [0.25, 0.3) is 0 Å². The van der Waals surface area contributed by atoms with Crippen molar-refractivity contribution >= 4 is 34.2 Å². The van der Waals surface area contributed by atoms with Crippen LogP contribution in [0.1, 0.15) is 86.4 Å². The lowest BCUT2D eigenvalue weighted by Gasteiger charge is -2.07. The maximum absolute atomic E-state index is 13.2. The summed E-state index contributed by atoms with van der Waals surface area (Å²) in [7, 11) is 0. The minimum absolute atomic E-state index is 0.00637. The van der Waals surface area contributed by atoms with E-state index in [1.165, 1.54) is 19.1 Å². The van der Waals surface area contributed by atoms with Crippen molar-refractivity contribution in [2.75, 3.05) is 18.5 Å². The van der Waals surface area contributed by atoms with Gasteiger partial charge in [-0.3, -0.25) is 9.48 Å². The Balaban J connectivity index is 1.85. The number of amides is 1. The molecule has 0 aromatic carbocycles. The summed E-state index contributed by atoms with van der Waals surface area (Å²) in [6, 6.07) is 3.14. The third kappa shape index (κ3) is 6.37. The standard InChI is InChI=1S/C23H23F4N3O6S/c1-4-8-35-22(32)16-11(3)17(23(33)34-5-2)37-21(16)28-20(31)15-7-6-12(36-15)10-30-14(19(26)27)9-13(29-30)18(24)25/h6-7,9,18-19H,4-5,8,10H2,1-3H3,(H,28,31). The first-order valence-corrected chi connectivity index (χ1v) is 11.9. The molecule has 200 valence electrons. The fourth-order valence-electron chi connectivity index (χ4n) is 3.26. The molecule has 0 radical (unpaired) electrons. The molecular weight excluding hydrogens is 522 g/mol. The van der Waals surface area contributed by atoms with Crippen molar-refractivity contribution < 1.29 is 45.8 Å². The lowest BCUT2D eigenvalue weighted by molar-refractivity contribution is 0.0506. The van der Waals surface area contributed by atoms with Gasteiger partial charge in [0.2, 0.25) is 0 Å². The number of nitrogens with zero attached hydrogens (tertiary/aromatic N) is 2. The van der Waals surface area contributed by atoms with Crippen LogP contribution >= 0.6 is 11.3 Å². The van der Waals surface area contributed by atoms with Gasteiger partial charge in [0.15, 0.2) is 5.76 Å². The molecule has 3 aromatic heterocycles. The molecule has 0 aliphatic heterocycles. The summed E-state index contributed by atoms with van der Waals surface area (Å²) in [5.41, 5.74) is -1.28. The predicted molar refractivity (Wildman–Crippen MR) is 123 cm³/mol. The number of anilines is 1. The summed E-state index contributed by atoms with van der Waals surface area (Å²) in [5.74, 6) is -2.49. The highest BCUT2D eigenvalue weighted by molar-refractivity contribution is 7.18. The maximum Gasteiger partial charge on any atom is 0.348 e. The van der Waals surface area contributed by atoms with Crippen LogP contribution in [0, 0.1) is 6.92 Å². The van der Waals surface area contributed by atoms with E-state index in [0.29, 0.717) is 17.2 Å². The molecule has 14 heteroatoms. The smallest absolute Gasteiger partial charge is 0.348 e. The van der Waals surface area contributed by atoms with Crippen molar-refractivity contribution in [1.29, 1.82) is 0 Å². The number of esters is 2. The lowest BCUT2D eigenvalue weighted by Crippen LogP contribution is -2.14. The van der Waals surface area contributed by atoms with Gasteiger partial charge < -0.3 is 19.2 Å². The largest absolute Gasteiger partial charge is 0.462 e. The van der Waals surface area contributed by atoms with Crippen molar-refractivity contribution in [2.24, 2.45) is 0 Å². The van der Waals surface area contributed by atoms with Crippen LogP contribution in [-0.4, -0.2) is 40.8 Å². The van der Waals surface area contributed by atoms with Crippen molar-refractivity contribution in [2.45, 2.75) is 46.6 Å². The number of alkyl halides is 4. The molecule has 3 heterocycles. The SMILES string of the molecule is CCCOC(=O)c1c(NC(=O)c2ccc(Cn3nc(C(F)F)cc3C(F)F)o2)sc(C(=O)OCC)c1C. The Kier molecular flexibility index (Phi) is 9.08. The highest BCUT2D eigenvalue weighted by Gasteiger charge is 2.28. The second kappa shape index (κ2) is 12.0. The molecule has 1 N–H and O–H groups in total. The first-order chi connectivity index (χ1) is 17.6. The molecule has 37 heavy (non-hydrogen) atoms. The number of hydrogen-bond donors (Lipinski definition) is 1. The molecule has 0 saturated heterocycles. The van der Waals surface area contributed by atoms with Crippen molar-refractivity contribution in [3.63, 3.8) is 0 Å². The summed E-state index contributed by atoms with van der Waals surface area (Å²) in [6.07, 6.45) is -5.54. The fourth-order valence-corrected chi connectivity index (χ4v) is 4.35. The Morgan fingerprint density at radius 1 is 1.11 bits per heavy atom. The molecule has 9 nitrogen and oxygen atoms in total. The monoisotopic (exact) mass is 545 g/mol. The number of aromatic nitrogens is 2. The van der Waals surface area contributed by atoms with Gasteiger partial charge in [-0.15, -0.1) is 11.3 Å². The summed E-state index contributed by atoms with van der Waals surface area (Å²) < 4.78 is 68.5. The van der Waals surface area contributed by atoms with Gasteiger partial charge in [0, 0.05) is 0 Å². The third-order valence-corrected chi connectivity index (χ3v) is 6.13. The topological polar surface area (TPSA) is 113 Å². The molecule has 0 saturated carbocycles. The summed E-state index contributed by atoms with van der Waals surface area (Å²) in [6.45, 7) is 4.74. The minimum Gasteiger partial charge on any atom is -0.462 e. The van der Waals surface area contributed by atoms with Gasteiger partial charge in [-0.2, -0.15) is 5.10 Å². The number of thiophene rings is 1. The molecule has 3 aromatic rings. The highest BCUT2D eigenvalue weighted by atomic mass is 32.1. The van der Waals surface area contributed by atoms with E-state index < -0.39 is 48.6 Å². The first kappa shape index (κ1) is 27.9. The first-order valence-electron chi connectivity index (χ1n) is 11.1. The molecule has 0 bridgehead atoms. The Labute approximate surface area is 212 Å². The van der Waals surface area contributed by atoms with Crippen LogP contribution < -0.4 is 5.32 Å². The number of hydrogen-bond acceptors (Lipinski definition) is 8. The zero-order chi connectivity index (χ0) is 27.3. The molecule has 0 fully saturated rings. The number of furan rings is 1. The molecule has 0 aliphatic rings. The maximum atomic E-state index is 13.2. The van der Waals surface area contributed by atoms with Gasteiger partial charge in [0.25, 0.3) is 18.8 Å². The van der Waals surface area contributed by atoms with E-state index in [9.17, 15) is 31.9 Å². The number of ether oxygens (including phenoxy) is 2. The van der Waals surface area contributed by atoms with E-state index in [0.717, 1.165) is 11.3 Å². The van der Waals surface area contributed by atoms with Crippen molar-refractivity contribution in [3.8, 4) is 0 Å². The van der Waals surface area contributed by atoms with Gasteiger partial charge in [0.1, 0.15) is 27.0 Å². The molecule has 1 amide bonds. The predicted octanol–water partition coefficient (Wildman–Crippen LogP) is 5.77. The van der Waals surface area contributed by atoms with E-state index in [1.807, 2.05) is 0 Å². The quantitative estimate of drug-likeness (QED) is 0.241. The zero-order valence-corrected chi connectivity index (χ0v) is 20.8. The van der Waals surface area contributed by atoms with E-state index in [1.54, 1.807) is 13.8 Å². The summed E-state index contributed by atoms with van der Waals surface area (Å²) >= 11 is 0.822. The lowest BCUT2D eigenvalue weighted by atomic mass is 10.1. The van der Waals surface area contributed by atoms with Crippen LogP contribution in [0.5, 0.6) is 0 Å². The molecule has 0 aliphatic carbocycles. The van der Waals surface area contributed by atoms with Crippen LogP contribution in [0.2, 0.25) is 0 Å². The van der Waals surface area contributed by atoms with Gasteiger partial charge >= 0.3 is 11.9 Å². The summed E-state index contributed by atoms with van der Waals surface area (Å²) in [4.78, 5) is 37.9. The van der Waals surface area contributed by atoms with E-state index in [4.69, 9.17) is 13.9 Å². The second-order valence-electron chi connectivity index (χ2n) is 7.59. The number of carbonyl (C=O) groups excluding carboxylic acids is 3. The second-order valence-corrected chi connectivity index (χ2v) is 8.61. The highest BCUT2D eigenvalue weighted by Crippen LogP contribution is 2.35. The van der Waals surface area contributed by atoms with Crippen molar-refractivity contribution in [3.05, 3.63) is 57.1 Å². The van der Waals surface area contributed by atoms with E-state index in [-0.39, 0.29) is 45.7 Å². The van der Waals surface area contributed by atoms with Crippen LogP contribution in [0.4, 0.5) is 22.6 Å². The number of halogens is 4. The molecular formula is C23H23F4N3O6S. The van der Waals surface area contributed by atoms with Crippen LogP contribution in [-0.2, 0) is 16.0 Å². The number of carbonyl (C=O) groups is 3. The fraction of sp³-hybridized carbons (Fsp3) is 0.391. The third-order valence-electron chi connectivity index (χ3n) is 4.94. The Bertz CT molecular complexity index is 1280. The average Bonchev–Trinajstić information content (AvgIpc) is 3.55. The zero-order valence-electron chi connectivity index (χ0n) is 20.0. The molecule has 0 unspecified atom stereocenters.